The van der Waals surface area contributed by atoms with E-state index in [0.29, 0.717) is 49.0 Å². The van der Waals surface area contributed by atoms with E-state index in [9.17, 15) is 9.59 Å². The Morgan fingerprint density at radius 2 is 1.75 bits per heavy atom. The molecule has 0 amide bonds. The fourth-order valence-electron chi connectivity index (χ4n) is 6.37. The second kappa shape index (κ2) is 14.7. The molecule has 1 saturated heterocycles. The molecule has 252 valence electrons. The molecule has 0 bridgehead atoms. The molecular formula is C36H37Cl2N3O6S. The van der Waals surface area contributed by atoms with Crippen molar-refractivity contribution in [2.45, 2.75) is 49.9 Å². The van der Waals surface area contributed by atoms with Crippen molar-refractivity contribution in [2.75, 3.05) is 39.7 Å². The lowest BCUT2D eigenvalue weighted by Gasteiger charge is -2.34. The average molecular weight is 711 g/mol. The molecule has 2 aromatic heterocycles. The van der Waals surface area contributed by atoms with Gasteiger partial charge in [0.2, 0.25) is 0 Å². The number of rotatable bonds is 11. The molecule has 1 N–H and O–H groups in total. The molecule has 0 radical (unpaired) electrons. The van der Waals surface area contributed by atoms with Crippen LogP contribution in [0.25, 0.3) is 0 Å². The number of carbonyl (C=O) groups excluding carboxylic acids is 2. The zero-order chi connectivity index (χ0) is 33.8. The Hall–Kier alpha value is -3.83. The second-order valence-electron chi connectivity index (χ2n) is 12.1. The van der Waals surface area contributed by atoms with E-state index in [0.717, 1.165) is 43.5 Å². The molecule has 2 aromatic carbocycles. The summed E-state index contributed by atoms with van der Waals surface area (Å²) >= 11 is 14.2. The molecule has 9 nitrogen and oxygen atoms in total. The van der Waals surface area contributed by atoms with Crippen molar-refractivity contribution in [2.24, 2.45) is 0 Å². The predicted octanol–water partition coefficient (Wildman–Crippen LogP) is 7.50. The van der Waals surface area contributed by atoms with E-state index in [4.69, 9.17) is 42.1 Å². The van der Waals surface area contributed by atoms with E-state index in [1.54, 1.807) is 44.6 Å². The van der Waals surface area contributed by atoms with Crippen LogP contribution in [0.4, 0.5) is 5.00 Å². The van der Waals surface area contributed by atoms with Gasteiger partial charge < -0.3 is 29.2 Å². The van der Waals surface area contributed by atoms with Crippen LogP contribution in [0.5, 0.6) is 11.5 Å². The normalized spacial score (nSPS) is 18.5. The van der Waals surface area contributed by atoms with Crippen molar-refractivity contribution in [3.05, 3.63) is 104 Å². The molecule has 0 saturated carbocycles. The minimum atomic E-state index is -1.07. The number of piperidine rings is 1. The molecule has 4 aromatic rings. The van der Waals surface area contributed by atoms with Gasteiger partial charge in [-0.15, -0.1) is 11.3 Å². The van der Waals surface area contributed by atoms with Gasteiger partial charge in [-0.3, -0.25) is 4.98 Å². The van der Waals surface area contributed by atoms with E-state index in [1.807, 2.05) is 18.2 Å². The summed E-state index contributed by atoms with van der Waals surface area (Å²) < 4.78 is 23.2. The molecule has 1 fully saturated rings. The van der Waals surface area contributed by atoms with Gasteiger partial charge in [0, 0.05) is 31.9 Å². The van der Waals surface area contributed by atoms with Crippen LogP contribution in [-0.4, -0.2) is 62.3 Å². The van der Waals surface area contributed by atoms with Crippen molar-refractivity contribution in [3.63, 3.8) is 0 Å². The summed E-state index contributed by atoms with van der Waals surface area (Å²) in [6.07, 6.45) is 5.17. The molecule has 6 rings (SSSR count). The molecule has 48 heavy (non-hydrogen) atoms. The number of esters is 2. The third-order valence-electron chi connectivity index (χ3n) is 9.05. The summed E-state index contributed by atoms with van der Waals surface area (Å²) in [6, 6.07) is 16.8. The predicted molar refractivity (Wildman–Crippen MR) is 187 cm³/mol. The van der Waals surface area contributed by atoms with Gasteiger partial charge in [0.05, 0.1) is 29.3 Å². The molecule has 1 unspecified atom stereocenters. The summed E-state index contributed by atoms with van der Waals surface area (Å²) in [5, 5.41) is 4.88. The number of pyridine rings is 1. The summed E-state index contributed by atoms with van der Waals surface area (Å²) in [7, 11) is 5.17. The maximum atomic E-state index is 14.0. The number of hydrogen-bond donors (Lipinski definition) is 1. The van der Waals surface area contributed by atoms with Crippen LogP contribution in [0.3, 0.4) is 0 Å². The number of nitrogens with zero attached hydrogens (tertiary/aromatic N) is 2. The number of anilines is 1. The Kier molecular flexibility index (Phi) is 10.5. The van der Waals surface area contributed by atoms with E-state index in [1.165, 1.54) is 23.7 Å². The molecular weight excluding hydrogens is 673 g/mol. The van der Waals surface area contributed by atoms with Crippen molar-refractivity contribution in [3.8, 4) is 11.5 Å². The van der Waals surface area contributed by atoms with Crippen LogP contribution in [0.15, 0.2) is 67.0 Å². The van der Waals surface area contributed by atoms with Gasteiger partial charge in [-0.1, -0.05) is 53.5 Å². The lowest BCUT2D eigenvalue weighted by Crippen LogP contribution is -2.45. The number of ether oxygens (including phenoxy) is 4. The molecule has 3 heterocycles. The van der Waals surface area contributed by atoms with Gasteiger partial charge in [0.25, 0.3) is 0 Å². The number of nitrogens with one attached hydrogen (secondary N) is 1. The van der Waals surface area contributed by atoms with Gasteiger partial charge in [-0.2, -0.15) is 0 Å². The topological polar surface area (TPSA) is 99.2 Å². The minimum absolute atomic E-state index is 0.134. The SMILES string of the molecule is COc1ccc([C@H](Cc2c(Cl)cncc2Cl)OC(=O)c2ccc(NC3(C(=O)OC4CCN(C)CC4)CCc4ccccc43)s2)cc1OC. The highest BCUT2D eigenvalue weighted by Crippen LogP contribution is 2.43. The Balaban J connectivity index is 1.26. The van der Waals surface area contributed by atoms with Gasteiger partial charge in [0.1, 0.15) is 17.1 Å². The number of thiophene rings is 1. The monoisotopic (exact) mass is 709 g/mol. The molecule has 1 aliphatic carbocycles. The van der Waals surface area contributed by atoms with Crippen molar-refractivity contribution in [1.29, 1.82) is 0 Å². The standard InChI is InChI=1S/C36H37Cl2N3O6S/c1-41-16-13-24(14-17-41)46-35(43)36(15-12-22-6-4-5-7-26(22)36)40-33-11-10-32(48-33)34(42)47-30(19-25-27(37)20-39-21-28(25)38)23-8-9-29(44-2)31(18-23)45-3/h4-11,18,20-21,24,30,40H,12-17,19H2,1-3H3/t30-,36?/m0/s1. The third-order valence-corrected chi connectivity index (χ3v) is 10.7. The Morgan fingerprint density at radius 3 is 2.48 bits per heavy atom. The number of carbonyl (C=O) groups is 2. The highest BCUT2D eigenvalue weighted by Gasteiger charge is 2.48. The Morgan fingerprint density at radius 1 is 1.02 bits per heavy atom. The van der Waals surface area contributed by atoms with Crippen LogP contribution in [0, 0.1) is 0 Å². The van der Waals surface area contributed by atoms with E-state index >= 15 is 0 Å². The first-order valence-electron chi connectivity index (χ1n) is 15.8. The van der Waals surface area contributed by atoms with E-state index in [2.05, 4.69) is 28.3 Å². The number of fused-ring (bicyclic) bond motifs is 1. The number of halogens is 2. The number of hydrogen-bond acceptors (Lipinski definition) is 10. The van der Waals surface area contributed by atoms with Crippen molar-refractivity contribution < 1.29 is 28.5 Å². The van der Waals surface area contributed by atoms with Crippen LogP contribution >= 0.6 is 34.5 Å². The van der Waals surface area contributed by atoms with Crippen LogP contribution in [0.1, 0.15) is 57.3 Å². The van der Waals surface area contributed by atoms with Gasteiger partial charge in [-0.05, 0) is 79.3 Å². The first-order chi connectivity index (χ1) is 23.2. The molecule has 1 aliphatic heterocycles. The van der Waals surface area contributed by atoms with Crippen molar-refractivity contribution >= 4 is 51.5 Å². The molecule has 12 heteroatoms. The lowest BCUT2D eigenvalue weighted by molar-refractivity contribution is -0.157. The van der Waals surface area contributed by atoms with Gasteiger partial charge in [-0.25, -0.2) is 9.59 Å². The number of likely N-dealkylation sites (tertiary alicyclic amines) is 1. The van der Waals surface area contributed by atoms with Gasteiger partial charge >= 0.3 is 11.9 Å². The second-order valence-corrected chi connectivity index (χ2v) is 14.0. The fourth-order valence-corrected chi connectivity index (χ4v) is 7.76. The van der Waals surface area contributed by atoms with Crippen LogP contribution in [-0.2, 0) is 32.6 Å². The summed E-state index contributed by atoms with van der Waals surface area (Å²) in [5.74, 6) is 0.194. The Bertz CT molecular complexity index is 1770. The quantitative estimate of drug-likeness (QED) is 0.159. The molecule has 0 spiro atoms. The average Bonchev–Trinajstić information content (AvgIpc) is 3.72. The van der Waals surface area contributed by atoms with E-state index < -0.39 is 17.6 Å². The number of aryl methyl sites for hydroxylation is 1. The zero-order valence-corrected chi connectivity index (χ0v) is 29.3. The maximum Gasteiger partial charge on any atom is 0.349 e. The summed E-state index contributed by atoms with van der Waals surface area (Å²) in [6.45, 7) is 1.77. The number of benzene rings is 2. The summed E-state index contributed by atoms with van der Waals surface area (Å²) in [4.78, 5) is 34.4. The third kappa shape index (κ3) is 7.12. The zero-order valence-electron chi connectivity index (χ0n) is 27.0. The smallest absolute Gasteiger partial charge is 0.349 e. The van der Waals surface area contributed by atoms with Crippen LogP contribution < -0.4 is 14.8 Å². The van der Waals surface area contributed by atoms with Crippen LogP contribution in [0.2, 0.25) is 10.0 Å². The number of methoxy groups -OCH3 is 2. The number of aromatic nitrogens is 1. The fraction of sp³-hybridized carbons (Fsp3) is 0.361. The van der Waals surface area contributed by atoms with E-state index in [-0.39, 0.29) is 18.5 Å². The molecule has 2 atom stereocenters. The lowest BCUT2D eigenvalue weighted by atomic mass is 9.91. The summed E-state index contributed by atoms with van der Waals surface area (Å²) in [5.41, 5.74) is 2.20. The first kappa shape index (κ1) is 34.0. The van der Waals surface area contributed by atoms with Crippen molar-refractivity contribution in [1.82, 2.24) is 9.88 Å². The maximum absolute atomic E-state index is 14.0. The molecule has 2 aliphatic rings. The highest BCUT2D eigenvalue weighted by atomic mass is 35.5. The largest absolute Gasteiger partial charge is 0.493 e. The Labute approximate surface area is 294 Å². The highest BCUT2D eigenvalue weighted by molar-refractivity contribution is 7.17. The van der Waals surface area contributed by atoms with Gasteiger partial charge in [0.15, 0.2) is 17.0 Å². The minimum Gasteiger partial charge on any atom is -0.493 e. The first-order valence-corrected chi connectivity index (χ1v) is 17.3.